The van der Waals surface area contributed by atoms with Crippen molar-refractivity contribution in [1.82, 2.24) is 15.1 Å². The van der Waals surface area contributed by atoms with Gasteiger partial charge in [0, 0.05) is 38.9 Å². The van der Waals surface area contributed by atoms with Crippen LogP contribution in [0.2, 0.25) is 0 Å². The zero-order valence-corrected chi connectivity index (χ0v) is 18.5. The van der Waals surface area contributed by atoms with Gasteiger partial charge in [-0.15, -0.1) is 0 Å². The van der Waals surface area contributed by atoms with E-state index >= 15 is 0 Å². The molecule has 1 N–H and O–H groups in total. The molecule has 0 saturated carbocycles. The lowest BCUT2D eigenvalue weighted by atomic mass is 9.88. The second kappa shape index (κ2) is 10.8. The third-order valence-corrected chi connectivity index (χ3v) is 6.07. The summed E-state index contributed by atoms with van der Waals surface area (Å²) in [7, 11) is 2.12. The third-order valence-electron chi connectivity index (χ3n) is 6.07. The number of nitrogens with zero attached hydrogens (tertiary/aromatic N) is 3. The normalized spacial score (nSPS) is 19.9. The van der Waals surface area contributed by atoms with E-state index in [2.05, 4.69) is 41.2 Å². The number of hydrogen-bond donors (Lipinski definition) is 1. The first-order chi connectivity index (χ1) is 14.2. The minimum absolute atomic E-state index is 0.162. The smallest absolute Gasteiger partial charge is 0.194 e. The van der Waals surface area contributed by atoms with E-state index in [1.165, 1.54) is 31.5 Å². The van der Waals surface area contributed by atoms with Gasteiger partial charge in [-0.05, 0) is 70.3 Å². The highest BCUT2D eigenvalue weighted by Gasteiger charge is 2.39. The number of rotatable bonds is 8. The fraction of sp³-hybridized carbons (Fsp3) is 0.696. The molecule has 29 heavy (non-hydrogen) atoms. The second-order valence-corrected chi connectivity index (χ2v) is 8.13. The first-order valence-corrected chi connectivity index (χ1v) is 11.2. The molecule has 6 heteroatoms. The maximum Gasteiger partial charge on any atom is 0.194 e. The summed E-state index contributed by atoms with van der Waals surface area (Å²) in [5.74, 6) is 1.90. The molecule has 2 saturated heterocycles. The van der Waals surface area contributed by atoms with Crippen molar-refractivity contribution >= 4 is 5.96 Å². The van der Waals surface area contributed by atoms with Crippen LogP contribution in [0.3, 0.4) is 0 Å². The molecule has 0 aliphatic carbocycles. The van der Waals surface area contributed by atoms with Crippen LogP contribution in [0.25, 0.3) is 0 Å². The van der Waals surface area contributed by atoms with E-state index in [1.54, 1.807) is 0 Å². The number of benzene rings is 1. The average Bonchev–Trinajstić information content (AvgIpc) is 3.29. The zero-order chi connectivity index (χ0) is 20.5. The first-order valence-electron chi connectivity index (χ1n) is 11.2. The number of aliphatic imine (C=N–C) groups is 1. The number of guanidine groups is 1. The molecule has 2 fully saturated rings. The Hall–Kier alpha value is -1.79. The minimum atomic E-state index is 0.162. The topological polar surface area (TPSA) is 49.3 Å². The van der Waals surface area contributed by atoms with Crippen molar-refractivity contribution in [1.29, 1.82) is 0 Å². The van der Waals surface area contributed by atoms with Gasteiger partial charge in [0.2, 0.25) is 0 Å². The lowest BCUT2D eigenvalue weighted by Gasteiger charge is -2.43. The summed E-state index contributed by atoms with van der Waals surface area (Å²) in [4.78, 5) is 10.0. The molecule has 0 atom stereocenters. The van der Waals surface area contributed by atoms with Gasteiger partial charge in [0.05, 0.1) is 13.2 Å². The van der Waals surface area contributed by atoms with Crippen molar-refractivity contribution in [2.75, 3.05) is 53.0 Å². The Balaban J connectivity index is 1.68. The Labute approximate surface area is 176 Å². The van der Waals surface area contributed by atoms with Crippen LogP contribution in [0, 0.1) is 0 Å². The van der Waals surface area contributed by atoms with Crippen LogP contribution in [0.1, 0.15) is 45.1 Å². The fourth-order valence-corrected chi connectivity index (χ4v) is 4.42. The molecule has 0 aromatic heterocycles. The van der Waals surface area contributed by atoms with Gasteiger partial charge in [0.1, 0.15) is 5.75 Å². The Morgan fingerprint density at radius 2 is 1.86 bits per heavy atom. The minimum Gasteiger partial charge on any atom is -0.494 e. The second-order valence-electron chi connectivity index (χ2n) is 8.13. The Morgan fingerprint density at radius 3 is 2.48 bits per heavy atom. The standard InChI is InChI=1S/C23H38N4O2/c1-4-24-22(26(3)18-20-8-10-21(11-9-20)29-5-2)25-19-23(12-16-28-17-13-23)27-14-6-7-15-27/h8-11H,4-7,12-19H2,1-3H3,(H,24,25). The summed E-state index contributed by atoms with van der Waals surface area (Å²) in [6, 6.07) is 8.35. The molecule has 3 rings (SSSR count). The molecule has 0 spiro atoms. The predicted molar refractivity (Wildman–Crippen MR) is 119 cm³/mol. The van der Waals surface area contributed by atoms with E-state index in [0.717, 1.165) is 57.4 Å². The quantitative estimate of drug-likeness (QED) is 0.535. The van der Waals surface area contributed by atoms with Crippen LogP contribution >= 0.6 is 0 Å². The zero-order valence-electron chi connectivity index (χ0n) is 18.5. The highest BCUT2D eigenvalue weighted by molar-refractivity contribution is 5.79. The SMILES string of the molecule is CCNC(=NCC1(N2CCCC2)CCOCC1)N(C)Cc1ccc(OCC)cc1. The van der Waals surface area contributed by atoms with E-state index in [-0.39, 0.29) is 5.54 Å². The van der Waals surface area contributed by atoms with Crippen molar-refractivity contribution in [2.24, 2.45) is 4.99 Å². The first kappa shape index (κ1) is 21.9. The number of hydrogen-bond acceptors (Lipinski definition) is 4. The number of ether oxygens (including phenoxy) is 2. The van der Waals surface area contributed by atoms with Crippen molar-refractivity contribution in [2.45, 2.75) is 51.6 Å². The molecular formula is C23H38N4O2. The predicted octanol–water partition coefficient (Wildman–Crippen LogP) is 3.13. The Kier molecular flexibility index (Phi) is 8.19. The molecule has 0 radical (unpaired) electrons. The monoisotopic (exact) mass is 402 g/mol. The molecule has 6 nitrogen and oxygen atoms in total. The Morgan fingerprint density at radius 1 is 1.17 bits per heavy atom. The van der Waals surface area contributed by atoms with Crippen LogP contribution in [-0.4, -0.2) is 74.3 Å². The number of nitrogens with one attached hydrogen (secondary N) is 1. The van der Waals surface area contributed by atoms with Crippen LogP contribution in [-0.2, 0) is 11.3 Å². The van der Waals surface area contributed by atoms with Crippen LogP contribution < -0.4 is 10.1 Å². The van der Waals surface area contributed by atoms with Gasteiger partial charge in [0.15, 0.2) is 5.96 Å². The van der Waals surface area contributed by atoms with Crippen LogP contribution in [0.4, 0.5) is 0 Å². The van der Waals surface area contributed by atoms with E-state index in [0.29, 0.717) is 6.61 Å². The highest BCUT2D eigenvalue weighted by atomic mass is 16.5. The van der Waals surface area contributed by atoms with Crippen molar-refractivity contribution < 1.29 is 9.47 Å². The molecule has 162 valence electrons. The van der Waals surface area contributed by atoms with Gasteiger partial charge < -0.3 is 19.7 Å². The van der Waals surface area contributed by atoms with Crippen molar-refractivity contribution in [3.05, 3.63) is 29.8 Å². The van der Waals surface area contributed by atoms with E-state index < -0.39 is 0 Å². The van der Waals surface area contributed by atoms with Crippen molar-refractivity contribution in [3.63, 3.8) is 0 Å². The molecular weight excluding hydrogens is 364 g/mol. The maximum atomic E-state index is 5.68. The van der Waals surface area contributed by atoms with Gasteiger partial charge in [-0.25, -0.2) is 0 Å². The van der Waals surface area contributed by atoms with Gasteiger partial charge >= 0.3 is 0 Å². The summed E-state index contributed by atoms with van der Waals surface area (Å²) in [5, 5.41) is 3.48. The van der Waals surface area contributed by atoms with Gasteiger partial charge in [-0.2, -0.15) is 0 Å². The van der Waals surface area contributed by atoms with Crippen molar-refractivity contribution in [3.8, 4) is 5.75 Å². The molecule has 2 heterocycles. The molecule has 2 aliphatic heterocycles. The average molecular weight is 403 g/mol. The van der Waals surface area contributed by atoms with E-state index in [1.807, 2.05) is 19.1 Å². The van der Waals surface area contributed by atoms with Gasteiger partial charge in [0.25, 0.3) is 0 Å². The highest BCUT2D eigenvalue weighted by Crippen LogP contribution is 2.31. The van der Waals surface area contributed by atoms with Gasteiger partial charge in [-0.3, -0.25) is 9.89 Å². The van der Waals surface area contributed by atoms with Crippen LogP contribution in [0.15, 0.2) is 29.3 Å². The van der Waals surface area contributed by atoms with Crippen LogP contribution in [0.5, 0.6) is 5.75 Å². The van der Waals surface area contributed by atoms with Gasteiger partial charge in [-0.1, -0.05) is 12.1 Å². The maximum absolute atomic E-state index is 5.68. The summed E-state index contributed by atoms with van der Waals surface area (Å²) in [5.41, 5.74) is 1.41. The number of likely N-dealkylation sites (tertiary alicyclic amines) is 1. The van der Waals surface area contributed by atoms with E-state index in [4.69, 9.17) is 14.5 Å². The van der Waals surface area contributed by atoms with E-state index in [9.17, 15) is 0 Å². The largest absolute Gasteiger partial charge is 0.494 e. The lowest BCUT2D eigenvalue weighted by molar-refractivity contribution is -0.0139. The summed E-state index contributed by atoms with van der Waals surface area (Å²) in [6.07, 6.45) is 4.78. The third kappa shape index (κ3) is 5.86. The lowest BCUT2D eigenvalue weighted by Crippen LogP contribution is -2.54. The summed E-state index contributed by atoms with van der Waals surface area (Å²) < 4.78 is 11.2. The summed E-state index contributed by atoms with van der Waals surface area (Å²) >= 11 is 0. The molecule has 0 amide bonds. The molecule has 1 aromatic rings. The molecule has 1 aromatic carbocycles. The molecule has 0 unspecified atom stereocenters. The summed E-state index contributed by atoms with van der Waals surface area (Å²) in [6.45, 7) is 11.5. The Bertz CT molecular complexity index is 635. The fourth-order valence-electron chi connectivity index (χ4n) is 4.42. The molecule has 2 aliphatic rings. The molecule has 0 bridgehead atoms.